The van der Waals surface area contributed by atoms with Crippen molar-refractivity contribution >= 4 is 10.8 Å². The Balaban J connectivity index is 1.38. The van der Waals surface area contributed by atoms with Gasteiger partial charge in [0.15, 0.2) is 0 Å². The number of halogens is 1. The first-order valence-electron chi connectivity index (χ1n) is 11.3. The van der Waals surface area contributed by atoms with E-state index >= 15 is 0 Å². The highest BCUT2D eigenvalue weighted by Gasteiger charge is 2.36. The largest absolute Gasteiger partial charge is 0.311 e. The van der Waals surface area contributed by atoms with Crippen molar-refractivity contribution in [2.75, 3.05) is 13.1 Å². The van der Waals surface area contributed by atoms with E-state index in [1.807, 2.05) is 22.8 Å². The second-order valence-corrected chi connectivity index (χ2v) is 9.26. The molecule has 0 aliphatic carbocycles. The van der Waals surface area contributed by atoms with Crippen molar-refractivity contribution < 1.29 is 4.39 Å². The molecule has 0 N–H and O–H groups in total. The zero-order valence-electron chi connectivity index (χ0n) is 17.9. The molecule has 4 aromatic rings. The fourth-order valence-electron chi connectivity index (χ4n) is 5.69. The molecule has 0 spiro atoms. The molecule has 1 saturated heterocycles. The molecule has 0 unspecified atom stereocenters. The Morgan fingerprint density at radius 1 is 0.844 bits per heavy atom. The third kappa shape index (κ3) is 3.45. The normalized spacial score (nSPS) is 20.3. The number of fused-ring (bicyclic) bond motifs is 5. The smallest absolute Gasteiger partial charge is 0.250 e. The van der Waals surface area contributed by atoms with Gasteiger partial charge in [-0.05, 0) is 58.5 Å². The van der Waals surface area contributed by atoms with E-state index in [1.165, 1.54) is 39.7 Å². The molecule has 0 saturated carbocycles. The number of benzene rings is 3. The summed E-state index contributed by atoms with van der Waals surface area (Å²) in [6.45, 7) is 3.47. The summed E-state index contributed by atoms with van der Waals surface area (Å²) in [5.41, 5.74) is 4.75. The van der Waals surface area contributed by atoms with E-state index in [4.69, 9.17) is 0 Å². The molecular weight excluding hydrogens is 399 g/mol. The minimum Gasteiger partial charge on any atom is -0.311 e. The van der Waals surface area contributed by atoms with Crippen LogP contribution in [0, 0.1) is 11.7 Å². The fourth-order valence-corrected chi connectivity index (χ4v) is 5.69. The lowest BCUT2D eigenvalue weighted by atomic mass is 9.80. The number of likely N-dealkylation sites (tertiary alicyclic amines) is 1. The lowest BCUT2D eigenvalue weighted by Crippen LogP contribution is -2.47. The van der Waals surface area contributed by atoms with Crippen molar-refractivity contribution in [1.29, 1.82) is 0 Å². The van der Waals surface area contributed by atoms with Crippen molar-refractivity contribution in [3.63, 3.8) is 0 Å². The highest BCUT2D eigenvalue weighted by atomic mass is 19.1. The number of nitrogens with zero attached hydrogens (tertiary/aromatic N) is 2. The molecule has 3 aromatic carbocycles. The molecule has 0 amide bonds. The topological polar surface area (TPSA) is 25.2 Å². The van der Waals surface area contributed by atoms with Gasteiger partial charge >= 0.3 is 0 Å². The van der Waals surface area contributed by atoms with Crippen LogP contribution in [-0.2, 0) is 13.1 Å². The van der Waals surface area contributed by atoms with Crippen LogP contribution >= 0.6 is 0 Å². The van der Waals surface area contributed by atoms with Crippen molar-refractivity contribution in [1.82, 2.24) is 9.47 Å². The fraction of sp³-hybridized carbons (Fsp3) is 0.250. The SMILES string of the molecule is O=c1ccc(-c2ccc3ccccc3c2)c2n1C[C@H]1C[C@@H]2CN(Cc2ccc(F)cc2)C1. The maximum atomic E-state index is 13.3. The monoisotopic (exact) mass is 424 g/mol. The van der Waals surface area contributed by atoms with Gasteiger partial charge in [-0.1, -0.05) is 48.5 Å². The summed E-state index contributed by atoms with van der Waals surface area (Å²) in [7, 11) is 0. The Morgan fingerprint density at radius 2 is 1.66 bits per heavy atom. The third-order valence-corrected chi connectivity index (χ3v) is 7.05. The van der Waals surface area contributed by atoms with Gasteiger partial charge in [-0.3, -0.25) is 9.69 Å². The van der Waals surface area contributed by atoms with Crippen LogP contribution in [0.4, 0.5) is 4.39 Å². The Kier molecular flexibility index (Phi) is 4.69. The predicted octanol–water partition coefficient (Wildman–Crippen LogP) is 5.43. The number of pyridine rings is 1. The lowest BCUT2D eigenvalue weighted by Gasteiger charge is -2.43. The summed E-state index contributed by atoms with van der Waals surface area (Å²) in [5, 5.41) is 2.44. The summed E-state index contributed by atoms with van der Waals surface area (Å²) in [4.78, 5) is 15.3. The Morgan fingerprint density at radius 3 is 2.50 bits per heavy atom. The maximum Gasteiger partial charge on any atom is 0.250 e. The molecule has 2 aliphatic rings. The first kappa shape index (κ1) is 19.4. The summed E-state index contributed by atoms with van der Waals surface area (Å²) >= 11 is 0. The van der Waals surface area contributed by atoms with Gasteiger partial charge in [0.1, 0.15) is 5.82 Å². The van der Waals surface area contributed by atoms with Crippen molar-refractivity contribution in [3.8, 4) is 11.1 Å². The molecule has 3 heterocycles. The molecule has 1 aromatic heterocycles. The molecule has 1 fully saturated rings. The van der Waals surface area contributed by atoms with Crippen LogP contribution in [0.1, 0.15) is 23.6 Å². The number of rotatable bonds is 3. The first-order chi connectivity index (χ1) is 15.6. The number of piperidine rings is 1. The molecule has 2 bridgehead atoms. The molecular formula is C28H25FN2O. The van der Waals surface area contributed by atoms with Crippen LogP contribution in [0.2, 0.25) is 0 Å². The highest BCUT2D eigenvalue weighted by Crippen LogP contribution is 2.40. The minimum atomic E-state index is -0.197. The Bertz CT molecular complexity index is 1360. The van der Waals surface area contributed by atoms with Crippen molar-refractivity contribution in [2.45, 2.75) is 25.4 Å². The molecule has 6 rings (SSSR count). The van der Waals surface area contributed by atoms with Gasteiger partial charge in [0.2, 0.25) is 0 Å². The van der Waals surface area contributed by atoms with Gasteiger partial charge in [0, 0.05) is 49.4 Å². The third-order valence-electron chi connectivity index (χ3n) is 7.05. The second-order valence-electron chi connectivity index (χ2n) is 9.26. The van der Waals surface area contributed by atoms with E-state index in [2.05, 4.69) is 47.4 Å². The van der Waals surface area contributed by atoms with Gasteiger partial charge in [-0.25, -0.2) is 4.39 Å². The summed E-state index contributed by atoms with van der Waals surface area (Å²) in [5.74, 6) is 0.585. The van der Waals surface area contributed by atoms with Gasteiger partial charge < -0.3 is 4.57 Å². The maximum absolute atomic E-state index is 13.3. The Hall–Kier alpha value is -3.24. The molecule has 160 valence electrons. The van der Waals surface area contributed by atoms with Crippen molar-refractivity contribution in [2.24, 2.45) is 5.92 Å². The zero-order chi connectivity index (χ0) is 21.7. The quantitative estimate of drug-likeness (QED) is 0.438. The van der Waals surface area contributed by atoms with E-state index in [0.29, 0.717) is 11.8 Å². The second kappa shape index (κ2) is 7.72. The van der Waals surface area contributed by atoms with Gasteiger partial charge in [0.25, 0.3) is 5.56 Å². The van der Waals surface area contributed by atoms with Crippen molar-refractivity contribution in [3.05, 3.63) is 106 Å². The minimum absolute atomic E-state index is 0.103. The van der Waals surface area contributed by atoms with Gasteiger partial charge in [-0.15, -0.1) is 0 Å². The summed E-state index contributed by atoms with van der Waals surface area (Å²) in [6.07, 6.45) is 1.12. The standard InChI is InChI=1S/C28H25FN2O/c29-25-9-5-19(6-10-25)15-30-16-20-13-24(18-30)28-26(11-12-27(32)31(28)17-20)23-8-7-21-3-1-2-4-22(21)14-23/h1-12,14,20,24H,13,15-18H2/t20-,24+/m0/s1. The molecule has 3 nitrogen and oxygen atoms in total. The van der Waals surface area contributed by atoms with Crippen LogP contribution in [-0.4, -0.2) is 22.6 Å². The van der Waals surface area contributed by atoms with Crippen LogP contribution in [0.5, 0.6) is 0 Å². The average Bonchev–Trinajstić information content (AvgIpc) is 2.81. The van der Waals surface area contributed by atoms with Crippen LogP contribution in [0.3, 0.4) is 0 Å². The van der Waals surface area contributed by atoms with E-state index in [9.17, 15) is 9.18 Å². The zero-order valence-corrected chi connectivity index (χ0v) is 17.9. The average molecular weight is 425 g/mol. The van der Waals surface area contributed by atoms with E-state index in [0.717, 1.165) is 38.2 Å². The van der Waals surface area contributed by atoms with Crippen LogP contribution in [0.25, 0.3) is 21.9 Å². The van der Waals surface area contributed by atoms with Crippen LogP contribution < -0.4 is 5.56 Å². The van der Waals surface area contributed by atoms with E-state index in [1.54, 1.807) is 6.07 Å². The molecule has 32 heavy (non-hydrogen) atoms. The number of aromatic nitrogens is 1. The molecule has 2 atom stereocenters. The van der Waals surface area contributed by atoms with Gasteiger partial charge in [-0.2, -0.15) is 0 Å². The molecule has 4 heteroatoms. The molecule has 0 radical (unpaired) electrons. The number of hydrogen-bond donors (Lipinski definition) is 0. The highest BCUT2D eigenvalue weighted by molar-refractivity contribution is 5.87. The summed E-state index contributed by atoms with van der Waals surface area (Å²) in [6, 6.07) is 25.5. The number of hydrogen-bond acceptors (Lipinski definition) is 2. The Labute approximate surface area is 186 Å². The summed E-state index contributed by atoms with van der Waals surface area (Å²) < 4.78 is 15.3. The van der Waals surface area contributed by atoms with E-state index in [-0.39, 0.29) is 11.4 Å². The van der Waals surface area contributed by atoms with Crippen LogP contribution in [0.15, 0.2) is 83.7 Å². The predicted molar refractivity (Wildman–Crippen MR) is 126 cm³/mol. The van der Waals surface area contributed by atoms with Gasteiger partial charge in [0.05, 0.1) is 0 Å². The molecule has 2 aliphatic heterocycles. The first-order valence-corrected chi connectivity index (χ1v) is 11.3. The lowest BCUT2D eigenvalue weighted by molar-refractivity contribution is 0.114. The van der Waals surface area contributed by atoms with E-state index < -0.39 is 0 Å².